The van der Waals surface area contributed by atoms with Gasteiger partial charge in [-0.2, -0.15) is 14.4 Å². The quantitative estimate of drug-likeness (QED) is 0.436. The zero-order chi connectivity index (χ0) is 27.2. The lowest BCUT2D eigenvalue weighted by molar-refractivity contribution is -0.158. The molecular weight excluding hydrogens is 544 g/mol. The summed E-state index contributed by atoms with van der Waals surface area (Å²) in [6.45, 7) is 4.83. The van der Waals surface area contributed by atoms with Crippen molar-refractivity contribution >= 4 is 27.4 Å². The van der Waals surface area contributed by atoms with Crippen molar-refractivity contribution in [3.63, 3.8) is 0 Å². The molecule has 3 aromatic rings. The van der Waals surface area contributed by atoms with Gasteiger partial charge in [0, 0.05) is 31.2 Å². The Hall–Kier alpha value is -3.16. The largest absolute Gasteiger partial charge is 0.471 e. The maximum atomic E-state index is 15.4. The molecule has 1 aromatic carbocycles. The number of nitrogens with zero attached hydrogens (tertiary/aromatic N) is 5. The SMILES string of the molecule is CC1OC(C)C2CN(c3ncc(Cl)cn3)CC1C2Oc1ncnc(Oc2ccc(S(C)(=O)=O)cc2F)c1F. The van der Waals surface area contributed by atoms with Crippen LogP contribution in [0.25, 0.3) is 0 Å². The summed E-state index contributed by atoms with van der Waals surface area (Å²) >= 11 is 5.93. The standard InChI is InChI=1S/C24H24ClF2N5O5S/c1-12-16-9-32(24-28-7-14(25)8-29-24)10-17(13(2)35-12)21(16)37-23-20(27)22(30-11-31-23)36-19-5-4-15(6-18(19)26)38(3,33)34/h4-8,11-13,16-17,21H,9-10H2,1-3H3. The minimum Gasteiger partial charge on any atom is -0.471 e. The fourth-order valence-electron chi connectivity index (χ4n) is 4.81. The van der Waals surface area contributed by atoms with Crippen LogP contribution in [0.15, 0.2) is 41.8 Å². The van der Waals surface area contributed by atoms with E-state index in [0.717, 1.165) is 30.8 Å². The van der Waals surface area contributed by atoms with Crippen LogP contribution < -0.4 is 14.4 Å². The number of benzene rings is 1. The van der Waals surface area contributed by atoms with E-state index in [-0.39, 0.29) is 34.8 Å². The third kappa shape index (κ3) is 5.22. The van der Waals surface area contributed by atoms with Crippen LogP contribution in [0.3, 0.4) is 0 Å². The van der Waals surface area contributed by atoms with Crippen LogP contribution in [0.5, 0.6) is 17.5 Å². The molecule has 2 fully saturated rings. The summed E-state index contributed by atoms with van der Waals surface area (Å²) < 4.78 is 70.7. The van der Waals surface area contributed by atoms with Crippen LogP contribution in [0.2, 0.25) is 5.02 Å². The van der Waals surface area contributed by atoms with E-state index in [0.29, 0.717) is 24.1 Å². The Labute approximate surface area is 222 Å². The maximum Gasteiger partial charge on any atom is 0.263 e. The van der Waals surface area contributed by atoms with E-state index >= 15 is 4.39 Å². The highest BCUT2D eigenvalue weighted by atomic mass is 35.5. The number of hydrogen-bond donors (Lipinski definition) is 0. The first-order valence-electron chi connectivity index (χ1n) is 11.7. The van der Waals surface area contributed by atoms with Crippen molar-refractivity contribution in [2.45, 2.75) is 37.1 Å². The Balaban J connectivity index is 1.38. The number of sulfone groups is 1. The van der Waals surface area contributed by atoms with Gasteiger partial charge in [0.05, 0.1) is 34.5 Å². The predicted octanol–water partition coefficient (Wildman–Crippen LogP) is 3.70. The van der Waals surface area contributed by atoms with Crippen molar-refractivity contribution < 1.29 is 31.4 Å². The summed E-state index contributed by atoms with van der Waals surface area (Å²) in [5, 5.41) is 0.431. The highest BCUT2D eigenvalue weighted by molar-refractivity contribution is 7.90. The molecule has 0 amide bonds. The van der Waals surface area contributed by atoms with Gasteiger partial charge in [0.1, 0.15) is 12.4 Å². The Morgan fingerprint density at radius 3 is 2.26 bits per heavy atom. The molecular formula is C24H24ClF2N5O5S. The normalized spacial score (nSPS) is 25.2. The van der Waals surface area contributed by atoms with Gasteiger partial charge >= 0.3 is 0 Å². The third-order valence-corrected chi connectivity index (χ3v) is 8.05. The van der Waals surface area contributed by atoms with E-state index in [9.17, 15) is 12.8 Å². The first-order valence-corrected chi connectivity index (χ1v) is 14.0. The second kappa shape index (κ2) is 10.2. The maximum absolute atomic E-state index is 15.4. The summed E-state index contributed by atoms with van der Waals surface area (Å²) in [7, 11) is -3.63. The number of halogens is 3. The van der Waals surface area contributed by atoms with E-state index in [1.165, 1.54) is 12.4 Å². The fourth-order valence-corrected chi connectivity index (χ4v) is 5.54. The second-order valence-corrected chi connectivity index (χ2v) is 11.8. The van der Waals surface area contributed by atoms with Gasteiger partial charge in [0.2, 0.25) is 11.8 Å². The number of rotatable bonds is 6. The summed E-state index contributed by atoms with van der Waals surface area (Å²) in [6, 6.07) is 3.04. The molecule has 0 saturated carbocycles. The van der Waals surface area contributed by atoms with E-state index in [4.69, 9.17) is 25.8 Å². The number of piperidine rings is 1. The number of anilines is 1. The average Bonchev–Trinajstić information content (AvgIpc) is 2.86. The Kier molecular flexibility index (Phi) is 7.09. The number of aromatic nitrogens is 4. The van der Waals surface area contributed by atoms with Crippen LogP contribution in [-0.4, -0.2) is 66.0 Å². The first-order chi connectivity index (χ1) is 18.0. The molecule has 14 heteroatoms. The topological polar surface area (TPSA) is 117 Å². The van der Waals surface area contributed by atoms with Gasteiger partial charge in [0.15, 0.2) is 21.4 Å². The van der Waals surface area contributed by atoms with E-state index < -0.39 is 39.2 Å². The summed E-state index contributed by atoms with van der Waals surface area (Å²) in [5.41, 5.74) is 0. The molecule has 0 spiro atoms. The average molecular weight is 568 g/mol. The molecule has 5 rings (SSSR count). The summed E-state index contributed by atoms with van der Waals surface area (Å²) in [4.78, 5) is 18.1. The molecule has 0 radical (unpaired) electrons. The number of hydrogen-bond acceptors (Lipinski definition) is 10. The van der Waals surface area contributed by atoms with Crippen LogP contribution in [0, 0.1) is 23.5 Å². The van der Waals surface area contributed by atoms with E-state index in [1.807, 2.05) is 18.7 Å². The summed E-state index contributed by atoms with van der Waals surface area (Å²) in [6.07, 6.45) is 4.16. The zero-order valence-corrected chi connectivity index (χ0v) is 22.2. The first kappa shape index (κ1) is 26.4. The highest BCUT2D eigenvalue weighted by Crippen LogP contribution is 2.40. The fraction of sp³-hybridized carbons (Fsp3) is 0.417. The van der Waals surface area contributed by atoms with Crippen molar-refractivity contribution in [1.29, 1.82) is 0 Å². The van der Waals surface area contributed by atoms with E-state index in [1.54, 1.807) is 0 Å². The Morgan fingerprint density at radius 1 is 1.03 bits per heavy atom. The van der Waals surface area contributed by atoms with Crippen molar-refractivity contribution in [3.8, 4) is 17.5 Å². The zero-order valence-electron chi connectivity index (χ0n) is 20.6. The van der Waals surface area contributed by atoms with Crippen LogP contribution in [0.1, 0.15) is 13.8 Å². The molecule has 0 N–H and O–H groups in total. The molecule has 2 aliphatic rings. The Morgan fingerprint density at radius 2 is 1.66 bits per heavy atom. The van der Waals surface area contributed by atoms with Gasteiger partial charge < -0.3 is 19.1 Å². The van der Waals surface area contributed by atoms with Gasteiger partial charge in [-0.3, -0.25) is 0 Å². The molecule has 4 unspecified atom stereocenters. The molecule has 2 saturated heterocycles. The minimum absolute atomic E-state index is 0.177. The van der Waals surface area contributed by atoms with Crippen molar-refractivity contribution in [3.05, 3.63) is 53.6 Å². The van der Waals surface area contributed by atoms with Gasteiger partial charge in [-0.25, -0.2) is 22.8 Å². The number of ether oxygens (including phenoxy) is 3. The molecule has 202 valence electrons. The van der Waals surface area contributed by atoms with Crippen LogP contribution in [-0.2, 0) is 14.6 Å². The minimum atomic E-state index is -3.63. The predicted molar refractivity (Wildman–Crippen MR) is 132 cm³/mol. The lowest BCUT2D eigenvalue weighted by Gasteiger charge is -2.51. The molecule has 10 nitrogen and oxygen atoms in total. The third-order valence-electron chi connectivity index (χ3n) is 6.74. The molecule has 4 heterocycles. The highest BCUT2D eigenvalue weighted by Gasteiger charge is 2.49. The van der Waals surface area contributed by atoms with Gasteiger partial charge in [0.25, 0.3) is 11.8 Å². The van der Waals surface area contributed by atoms with Crippen LogP contribution in [0.4, 0.5) is 14.7 Å². The van der Waals surface area contributed by atoms with E-state index in [2.05, 4.69) is 19.9 Å². The van der Waals surface area contributed by atoms with Gasteiger partial charge in [-0.05, 0) is 32.0 Å². The molecule has 2 aromatic heterocycles. The second-order valence-electron chi connectivity index (χ2n) is 9.33. The lowest BCUT2D eigenvalue weighted by atomic mass is 9.77. The summed E-state index contributed by atoms with van der Waals surface area (Å²) in [5.74, 6) is -3.13. The number of fused-ring (bicyclic) bond motifs is 2. The van der Waals surface area contributed by atoms with Gasteiger partial charge in [-0.1, -0.05) is 11.6 Å². The smallest absolute Gasteiger partial charge is 0.263 e. The molecule has 4 atom stereocenters. The van der Waals surface area contributed by atoms with Crippen molar-refractivity contribution in [2.24, 2.45) is 11.8 Å². The van der Waals surface area contributed by atoms with Gasteiger partial charge in [-0.15, -0.1) is 0 Å². The molecule has 38 heavy (non-hydrogen) atoms. The lowest BCUT2D eigenvalue weighted by Crippen LogP contribution is -2.63. The monoisotopic (exact) mass is 567 g/mol. The van der Waals surface area contributed by atoms with Crippen LogP contribution >= 0.6 is 11.6 Å². The molecule has 0 aliphatic carbocycles. The molecule has 2 aliphatic heterocycles. The van der Waals surface area contributed by atoms with Crippen molar-refractivity contribution in [1.82, 2.24) is 19.9 Å². The molecule has 2 bridgehead atoms. The van der Waals surface area contributed by atoms with Crippen molar-refractivity contribution in [2.75, 3.05) is 24.2 Å². The Bertz CT molecular complexity index is 1430.